The number of ether oxygens (including phenoxy) is 2. The van der Waals surface area contributed by atoms with Gasteiger partial charge in [-0.3, -0.25) is 0 Å². The van der Waals surface area contributed by atoms with Gasteiger partial charge in [0.05, 0.1) is 17.6 Å². The molecule has 1 aromatic heterocycles. The predicted octanol–water partition coefficient (Wildman–Crippen LogP) is 5.97. The number of hydrogen-bond acceptors (Lipinski definition) is 3. The van der Waals surface area contributed by atoms with Gasteiger partial charge >= 0.3 is 0 Å². The Kier molecular flexibility index (Phi) is 4.80. The Morgan fingerprint density at radius 2 is 1.81 bits per heavy atom. The van der Waals surface area contributed by atoms with E-state index in [1.165, 1.54) is 17.7 Å². The summed E-state index contributed by atoms with van der Waals surface area (Å²) < 4.78 is 42.1. The van der Waals surface area contributed by atoms with Crippen LogP contribution in [0.4, 0.5) is 8.78 Å². The molecule has 2 fully saturated rings. The number of halogens is 2. The zero-order chi connectivity index (χ0) is 22.7. The quantitative estimate of drug-likeness (QED) is 0.552. The van der Waals surface area contributed by atoms with Gasteiger partial charge in [0.1, 0.15) is 12.2 Å². The SMILES string of the molecule is C=C[C@H]1OC2(CCCC3=Cc4c(cnn4-c4ccc(C(C)(F)F)cc4)C[C@@]32C)O[C@@H]1C=C. The standard InChI is InChI=1S/C26H28F2N2O2/c1-5-22-23(6-2)32-26(31-22)13-7-8-19-14-21-17(15-24(19,26)3)16-29-30(21)20-11-9-18(10-12-20)25(4,27)28/h5-6,9-12,14,16,22-23H,1-2,7-8,13,15H2,3-4H3/t22-,23-,24+/m1/s1. The van der Waals surface area contributed by atoms with E-state index in [0.29, 0.717) is 0 Å². The largest absolute Gasteiger partial charge is 0.339 e. The first-order valence-electron chi connectivity index (χ1n) is 11.1. The molecule has 1 aromatic carbocycles. The molecule has 1 aliphatic heterocycles. The van der Waals surface area contributed by atoms with Crippen molar-refractivity contribution in [2.75, 3.05) is 0 Å². The lowest BCUT2D eigenvalue weighted by atomic mass is 9.62. The van der Waals surface area contributed by atoms with E-state index >= 15 is 0 Å². The number of aromatic nitrogens is 2. The zero-order valence-corrected chi connectivity index (χ0v) is 18.5. The summed E-state index contributed by atoms with van der Waals surface area (Å²) in [6.45, 7) is 10.9. The monoisotopic (exact) mass is 438 g/mol. The number of rotatable bonds is 4. The molecule has 0 amide bonds. The average molecular weight is 439 g/mol. The Hall–Kier alpha value is -2.57. The van der Waals surface area contributed by atoms with E-state index in [0.717, 1.165) is 49.6 Å². The summed E-state index contributed by atoms with van der Waals surface area (Å²) in [5, 5.41) is 4.60. The van der Waals surface area contributed by atoms with Gasteiger partial charge in [0.2, 0.25) is 0 Å². The molecule has 4 nitrogen and oxygen atoms in total. The van der Waals surface area contributed by atoms with Gasteiger partial charge in [0, 0.05) is 24.3 Å². The van der Waals surface area contributed by atoms with Crippen molar-refractivity contribution >= 4 is 6.08 Å². The van der Waals surface area contributed by atoms with E-state index in [2.05, 4.69) is 31.3 Å². The second-order valence-corrected chi connectivity index (χ2v) is 9.32. The molecule has 5 rings (SSSR count). The fourth-order valence-corrected chi connectivity index (χ4v) is 5.46. The van der Waals surface area contributed by atoms with Crippen LogP contribution in [0.1, 0.15) is 49.9 Å². The van der Waals surface area contributed by atoms with Crippen molar-refractivity contribution in [3.05, 3.63) is 78.2 Å². The number of benzene rings is 1. The molecule has 3 aliphatic rings. The maximum Gasteiger partial charge on any atom is 0.270 e. The third kappa shape index (κ3) is 3.04. The van der Waals surface area contributed by atoms with Crippen LogP contribution < -0.4 is 0 Å². The molecule has 3 atom stereocenters. The summed E-state index contributed by atoms with van der Waals surface area (Å²) in [7, 11) is 0. The maximum atomic E-state index is 13.6. The second-order valence-electron chi connectivity index (χ2n) is 9.32. The van der Waals surface area contributed by atoms with E-state index < -0.39 is 11.7 Å². The van der Waals surface area contributed by atoms with Crippen molar-refractivity contribution in [1.29, 1.82) is 0 Å². The van der Waals surface area contributed by atoms with Crippen molar-refractivity contribution < 1.29 is 18.3 Å². The Bertz CT molecular complexity index is 1080. The van der Waals surface area contributed by atoms with Crippen molar-refractivity contribution in [3.63, 3.8) is 0 Å². The smallest absolute Gasteiger partial charge is 0.270 e. The van der Waals surface area contributed by atoms with Crippen molar-refractivity contribution in [2.45, 2.75) is 63.4 Å². The van der Waals surface area contributed by atoms with Crippen LogP contribution in [0.2, 0.25) is 0 Å². The first kappa shape index (κ1) is 21.3. The fourth-order valence-electron chi connectivity index (χ4n) is 5.46. The fraction of sp³-hybridized carbons (Fsp3) is 0.423. The van der Waals surface area contributed by atoms with Gasteiger partial charge in [-0.25, -0.2) is 13.5 Å². The summed E-state index contributed by atoms with van der Waals surface area (Å²) in [5.74, 6) is -3.60. The molecule has 2 aliphatic carbocycles. The first-order chi connectivity index (χ1) is 15.2. The van der Waals surface area contributed by atoms with Crippen molar-refractivity contribution in [2.24, 2.45) is 5.41 Å². The third-order valence-electron chi connectivity index (χ3n) is 7.30. The third-order valence-corrected chi connectivity index (χ3v) is 7.30. The zero-order valence-electron chi connectivity index (χ0n) is 18.5. The minimum atomic E-state index is -2.86. The highest BCUT2D eigenvalue weighted by Gasteiger charge is 2.61. The second kappa shape index (κ2) is 7.22. The first-order valence-corrected chi connectivity index (χ1v) is 11.1. The molecule has 0 N–H and O–H groups in total. The number of fused-ring (bicyclic) bond motifs is 3. The minimum absolute atomic E-state index is 0.00787. The maximum absolute atomic E-state index is 13.6. The summed E-state index contributed by atoms with van der Waals surface area (Å²) >= 11 is 0. The lowest BCUT2D eigenvalue weighted by molar-refractivity contribution is -0.243. The molecule has 6 heteroatoms. The van der Waals surface area contributed by atoms with Gasteiger partial charge in [0.15, 0.2) is 5.79 Å². The molecule has 0 unspecified atom stereocenters. The van der Waals surface area contributed by atoms with Gasteiger partial charge < -0.3 is 9.47 Å². The van der Waals surface area contributed by atoms with E-state index in [1.54, 1.807) is 24.3 Å². The number of hydrogen-bond donors (Lipinski definition) is 0. The van der Waals surface area contributed by atoms with Crippen molar-refractivity contribution in [1.82, 2.24) is 9.78 Å². The summed E-state index contributed by atoms with van der Waals surface area (Å²) in [6.07, 6.45) is 10.6. The van der Waals surface area contributed by atoms with Gasteiger partial charge in [-0.1, -0.05) is 36.8 Å². The molecule has 168 valence electrons. The van der Waals surface area contributed by atoms with E-state index in [9.17, 15) is 8.78 Å². The Morgan fingerprint density at radius 3 is 2.41 bits per heavy atom. The summed E-state index contributed by atoms with van der Waals surface area (Å²) in [6, 6.07) is 6.32. The molecular weight excluding hydrogens is 410 g/mol. The van der Waals surface area contributed by atoms with Gasteiger partial charge in [0.25, 0.3) is 5.92 Å². The Morgan fingerprint density at radius 1 is 1.16 bits per heavy atom. The summed E-state index contributed by atoms with van der Waals surface area (Å²) in [5.41, 5.74) is 3.76. The molecule has 1 saturated heterocycles. The van der Waals surface area contributed by atoms with Crippen LogP contribution in [0.25, 0.3) is 11.8 Å². The Balaban J connectivity index is 1.52. The highest BCUT2D eigenvalue weighted by molar-refractivity contribution is 5.62. The molecule has 1 saturated carbocycles. The van der Waals surface area contributed by atoms with Crippen LogP contribution >= 0.6 is 0 Å². The van der Waals surface area contributed by atoms with Crippen LogP contribution in [0.3, 0.4) is 0 Å². The van der Waals surface area contributed by atoms with Crippen LogP contribution in [0.15, 0.2) is 61.3 Å². The van der Waals surface area contributed by atoms with E-state index in [-0.39, 0.29) is 23.2 Å². The highest BCUT2D eigenvalue weighted by atomic mass is 19.3. The molecular formula is C26H28F2N2O2. The highest BCUT2D eigenvalue weighted by Crippen LogP contribution is 2.58. The average Bonchev–Trinajstić information content (AvgIpc) is 3.34. The van der Waals surface area contributed by atoms with Crippen LogP contribution in [-0.2, 0) is 21.8 Å². The van der Waals surface area contributed by atoms with Crippen LogP contribution in [-0.4, -0.2) is 27.8 Å². The van der Waals surface area contributed by atoms with E-state index in [4.69, 9.17) is 9.47 Å². The normalized spacial score (nSPS) is 28.7. The number of nitrogens with zero attached hydrogens (tertiary/aromatic N) is 2. The van der Waals surface area contributed by atoms with Crippen LogP contribution in [0.5, 0.6) is 0 Å². The molecule has 0 bridgehead atoms. The van der Waals surface area contributed by atoms with Crippen molar-refractivity contribution in [3.8, 4) is 5.69 Å². The van der Waals surface area contributed by atoms with Crippen LogP contribution in [0, 0.1) is 5.41 Å². The van der Waals surface area contributed by atoms with Gasteiger partial charge in [-0.05, 0) is 43.0 Å². The van der Waals surface area contributed by atoms with E-state index in [1.807, 2.05) is 10.9 Å². The molecule has 1 spiro atoms. The molecule has 32 heavy (non-hydrogen) atoms. The predicted molar refractivity (Wildman–Crippen MR) is 120 cm³/mol. The van der Waals surface area contributed by atoms with Gasteiger partial charge in [-0.2, -0.15) is 5.10 Å². The van der Waals surface area contributed by atoms with Gasteiger partial charge in [-0.15, -0.1) is 13.2 Å². The Labute approximate surface area is 187 Å². The molecule has 0 radical (unpaired) electrons. The topological polar surface area (TPSA) is 36.3 Å². The summed E-state index contributed by atoms with van der Waals surface area (Å²) in [4.78, 5) is 0. The molecule has 2 aromatic rings. The lowest BCUT2D eigenvalue weighted by Gasteiger charge is -2.51. The molecule has 2 heterocycles. The minimum Gasteiger partial charge on any atom is -0.339 e. The number of alkyl halides is 2. The lowest BCUT2D eigenvalue weighted by Crippen LogP contribution is -2.53.